The predicted octanol–water partition coefficient (Wildman–Crippen LogP) is 5.92. The molecule has 0 saturated carbocycles. The highest BCUT2D eigenvalue weighted by molar-refractivity contribution is 9.10. The molecule has 138 valence electrons. The van der Waals surface area contributed by atoms with E-state index in [-0.39, 0.29) is 12.5 Å². The second-order valence-corrected chi connectivity index (χ2v) is 7.70. The summed E-state index contributed by atoms with van der Waals surface area (Å²) in [6.45, 7) is 3.98. The number of nitrogens with one attached hydrogen (secondary N) is 1. The monoisotopic (exact) mass is 443 g/mol. The summed E-state index contributed by atoms with van der Waals surface area (Å²) in [7, 11) is 0. The topological polar surface area (TPSA) is 55.4 Å². The standard InChI is InChI=1S/C21H18BrNO3S/c1-3-26-21(25)18-17(14-8-10-16(22)11-9-14)12-27-20(18)23-19(24)15-6-4-13(2)5-7-15/h4-12H,3H2,1-2H3,(H,23,24). The summed E-state index contributed by atoms with van der Waals surface area (Å²) in [5, 5.41) is 5.20. The van der Waals surface area contributed by atoms with Crippen molar-refractivity contribution in [1.82, 2.24) is 0 Å². The molecule has 3 aromatic rings. The largest absolute Gasteiger partial charge is 0.462 e. The molecule has 0 aliphatic heterocycles. The van der Waals surface area contributed by atoms with Gasteiger partial charge in [-0.15, -0.1) is 11.3 Å². The van der Waals surface area contributed by atoms with Crippen molar-refractivity contribution in [1.29, 1.82) is 0 Å². The number of carbonyl (C=O) groups excluding carboxylic acids is 2. The molecule has 0 atom stereocenters. The number of hydrogen-bond donors (Lipinski definition) is 1. The van der Waals surface area contributed by atoms with Crippen molar-refractivity contribution >= 4 is 44.1 Å². The fourth-order valence-corrected chi connectivity index (χ4v) is 3.79. The third-order valence-corrected chi connectivity index (χ3v) is 5.39. The lowest BCUT2D eigenvalue weighted by Crippen LogP contribution is -2.14. The Morgan fingerprint density at radius 2 is 1.74 bits per heavy atom. The second kappa shape index (κ2) is 8.50. The Kier molecular flexibility index (Phi) is 6.08. The van der Waals surface area contributed by atoms with Gasteiger partial charge in [-0.05, 0) is 43.7 Å². The molecule has 4 nitrogen and oxygen atoms in total. The molecule has 0 radical (unpaired) electrons. The molecule has 0 bridgehead atoms. The lowest BCUT2D eigenvalue weighted by atomic mass is 10.0. The molecule has 0 aliphatic rings. The van der Waals surface area contributed by atoms with E-state index in [9.17, 15) is 9.59 Å². The molecular weight excluding hydrogens is 426 g/mol. The molecule has 2 aromatic carbocycles. The highest BCUT2D eigenvalue weighted by Gasteiger charge is 2.23. The number of carbonyl (C=O) groups is 2. The normalized spacial score (nSPS) is 10.5. The van der Waals surface area contributed by atoms with Gasteiger partial charge in [0.05, 0.1) is 6.61 Å². The van der Waals surface area contributed by atoms with Gasteiger partial charge in [-0.2, -0.15) is 0 Å². The number of benzene rings is 2. The molecule has 1 N–H and O–H groups in total. The minimum absolute atomic E-state index is 0.259. The van der Waals surface area contributed by atoms with Crippen molar-refractivity contribution in [3.63, 3.8) is 0 Å². The molecule has 0 unspecified atom stereocenters. The number of ether oxygens (including phenoxy) is 1. The average Bonchev–Trinajstić information content (AvgIpc) is 3.06. The Bertz CT molecular complexity index is 962. The zero-order valence-electron chi connectivity index (χ0n) is 14.9. The first-order valence-corrected chi connectivity index (χ1v) is 10.1. The molecule has 6 heteroatoms. The number of anilines is 1. The van der Waals surface area contributed by atoms with Crippen LogP contribution in [0.4, 0.5) is 5.00 Å². The van der Waals surface area contributed by atoms with Gasteiger partial charge in [-0.3, -0.25) is 4.79 Å². The molecule has 1 heterocycles. The quantitative estimate of drug-likeness (QED) is 0.498. The first kappa shape index (κ1) is 19.3. The van der Waals surface area contributed by atoms with Gasteiger partial charge in [-0.1, -0.05) is 45.8 Å². The van der Waals surface area contributed by atoms with Crippen LogP contribution in [0.5, 0.6) is 0 Å². The Hall–Kier alpha value is -2.44. The minimum Gasteiger partial charge on any atom is -0.462 e. The zero-order chi connectivity index (χ0) is 19.4. The number of thiophene rings is 1. The molecule has 0 aliphatic carbocycles. The molecule has 0 fully saturated rings. The predicted molar refractivity (Wildman–Crippen MR) is 113 cm³/mol. The maximum absolute atomic E-state index is 12.6. The average molecular weight is 444 g/mol. The van der Waals surface area contributed by atoms with Gasteiger partial charge >= 0.3 is 5.97 Å². The fourth-order valence-electron chi connectivity index (χ4n) is 2.58. The maximum atomic E-state index is 12.6. The summed E-state index contributed by atoms with van der Waals surface area (Å²) < 4.78 is 6.17. The van der Waals surface area contributed by atoms with Crippen molar-refractivity contribution in [3.8, 4) is 11.1 Å². The Balaban J connectivity index is 1.97. The van der Waals surface area contributed by atoms with Crippen LogP contribution >= 0.6 is 27.3 Å². The van der Waals surface area contributed by atoms with Crippen LogP contribution in [0.1, 0.15) is 33.2 Å². The van der Waals surface area contributed by atoms with Gasteiger partial charge in [0.25, 0.3) is 5.91 Å². The number of halogens is 1. The van der Waals surface area contributed by atoms with Crippen LogP contribution in [-0.2, 0) is 4.74 Å². The van der Waals surface area contributed by atoms with E-state index in [0.717, 1.165) is 21.2 Å². The Morgan fingerprint density at radius 1 is 1.07 bits per heavy atom. The summed E-state index contributed by atoms with van der Waals surface area (Å²) in [5.74, 6) is -0.708. The molecular formula is C21H18BrNO3S. The third-order valence-electron chi connectivity index (χ3n) is 3.97. The molecule has 3 rings (SSSR count). The van der Waals surface area contributed by atoms with Gasteiger partial charge in [-0.25, -0.2) is 4.79 Å². The van der Waals surface area contributed by atoms with Crippen LogP contribution in [0.15, 0.2) is 58.4 Å². The minimum atomic E-state index is -0.448. The van der Waals surface area contributed by atoms with E-state index in [4.69, 9.17) is 4.74 Å². The fraction of sp³-hybridized carbons (Fsp3) is 0.143. The Labute approximate surface area is 170 Å². The van der Waals surface area contributed by atoms with Gasteiger partial charge in [0, 0.05) is 21.0 Å². The number of aryl methyl sites for hydroxylation is 1. The van der Waals surface area contributed by atoms with Gasteiger partial charge in [0.1, 0.15) is 10.6 Å². The summed E-state index contributed by atoms with van der Waals surface area (Å²) in [6.07, 6.45) is 0. The van der Waals surface area contributed by atoms with E-state index >= 15 is 0 Å². The van der Waals surface area contributed by atoms with Crippen molar-refractivity contribution in [2.75, 3.05) is 11.9 Å². The lowest BCUT2D eigenvalue weighted by molar-refractivity contribution is 0.0529. The summed E-state index contributed by atoms with van der Waals surface area (Å²) in [6, 6.07) is 14.9. The highest BCUT2D eigenvalue weighted by atomic mass is 79.9. The van der Waals surface area contributed by atoms with Crippen LogP contribution in [0.2, 0.25) is 0 Å². The van der Waals surface area contributed by atoms with E-state index in [1.165, 1.54) is 11.3 Å². The number of esters is 1. The highest BCUT2D eigenvalue weighted by Crippen LogP contribution is 2.37. The lowest BCUT2D eigenvalue weighted by Gasteiger charge is -2.09. The van der Waals surface area contributed by atoms with Crippen LogP contribution < -0.4 is 5.32 Å². The van der Waals surface area contributed by atoms with Crippen molar-refractivity contribution in [2.24, 2.45) is 0 Å². The maximum Gasteiger partial charge on any atom is 0.341 e. The van der Waals surface area contributed by atoms with E-state index in [1.54, 1.807) is 19.1 Å². The first-order valence-electron chi connectivity index (χ1n) is 8.42. The molecule has 1 amide bonds. The van der Waals surface area contributed by atoms with Crippen LogP contribution in [0.3, 0.4) is 0 Å². The smallest absolute Gasteiger partial charge is 0.341 e. The van der Waals surface area contributed by atoms with E-state index in [1.807, 2.05) is 48.7 Å². The van der Waals surface area contributed by atoms with E-state index < -0.39 is 5.97 Å². The number of rotatable bonds is 5. The molecule has 1 aromatic heterocycles. The van der Waals surface area contributed by atoms with E-state index in [2.05, 4.69) is 21.2 Å². The van der Waals surface area contributed by atoms with Crippen LogP contribution in [-0.4, -0.2) is 18.5 Å². The van der Waals surface area contributed by atoms with E-state index in [0.29, 0.717) is 16.1 Å². The SMILES string of the molecule is CCOC(=O)c1c(-c2ccc(Br)cc2)csc1NC(=O)c1ccc(C)cc1. The number of amides is 1. The first-order chi connectivity index (χ1) is 13.0. The molecule has 0 saturated heterocycles. The summed E-state index contributed by atoms with van der Waals surface area (Å²) >= 11 is 4.72. The summed E-state index contributed by atoms with van der Waals surface area (Å²) in [5.41, 5.74) is 3.62. The van der Waals surface area contributed by atoms with Gasteiger partial charge < -0.3 is 10.1 Å². The van der Waals surface area contributed by atoms with Gasteiger partial charge in [0.15, 0.2) is 0 Å². The number of hydrogen-bond acceptors (Lipinski definition) is 4. The second-order valence-electron chi connectivity index (χ2n) is 5.90. The van der Waals surface area contributed by atoms with Crippen LogP contribution in [0, 0.1) is 6.92 Å². The van der Waals surface area contributed by atoms with Crippen molar-refractivity contribution in [2.45, 2.75) is 13.8 Å². The zero-order valence-corrected chi connectivity index (χ0v) is 17.3. The molecule has 27 heavy (non-hydrogen) atoms. The van der Waals surface area contributed by atoms with Gasteiger partial charge in [0.2, 0.25) is 0 Å². The summed E-state index contributed by atoms with van der Waals surface area (Å²) in [4.78, 5) is 25.2. The Morgan fingerprint density at radius 3 is 2.37 bits per heavy atom. The van der Waals surface area contributed by atoms with Crippen molar-refractivity contribution < 1.29 is 14.3 Å². The third kappa shape index (κ3) is 4.46. The molecule has 0 spiro atoms. The van der Waals surface area contributed by atoms with Crippen LogP contribution in [0.25, 0.3) is 11.1 Å². The van der Waals surface area contributed by atoms with Crippen molar-refractivity contribution in [3.05, 3.63) is 75.1 Å².